The number of hydrogen-bond donors (Lipinski definition) is 0. The Morgan fingerprint density at radius 1 is 0.750 bits per heavy atom. The molecule has 3 heterocycles. The Bertz CT molecular complexity index is 773. The summed E-state index contributed by atoms with van der Waals surface area (Å²) in [5.74, 6) is 0.891. The van der Waals surface area contributed by atoms with Gasteiger partial charge in [0.05, 0.1) is 23.8 Å². The van der Waals surface area contributed by atoms with Crippen LogP contribution in [0.4, 0.5) is 0 Å². The number of rotatable bonds is 6. The highest BCUT2D eigenvalue weighted by Crippen LogP contribution is 2.16. The van der Waals surface area contributed by atoms with Crippen molar-refractivity contribution in [2.75, 3.05) is 0 Å². The van der Waals surface area contributed by atoms with Crippen molar-refractivity contribution in [3.63, 3.8) is 0 Å². The van der Waals surface area contributed by atoms with Gasteiger partial charge in [0.15, 0.2) is 11.6 Å². The largest absolute Gasteiger partial charge is 0.241 e. The summed E-state index contributed by atoms with van der Waals surface area (Å²) in [5, 5.41) is 16.4. The van der Waals surface area contributed by atoms with Crippen LogP contribution in [0, 0.1) is 0 Å². The van der Waals surface area contributed by atoms with E-state index in [1.807, 2.05) is 18.2 Å². The van der Waals surface area contributed by atoms with E-state index >= 15 is 0 Å². The van der Waals surface area contributed by atoms with E-state index < -0.39 is 0 Å². The lowest BCUT2D eigenvalue weighted by atomic mass is 10.2. The Morgan fingerprint density at radius 3 is 1.62 bits per heavy atom. The fourth-order valence-electron chi connectivity index (χ4n) is 2.00. The van der Waals surface area contributed by atoms with Crippen LogP contribution >= 0.6 is 0 Å². The first-order valence-corrected chi connectivity index (χ1v) is 7.37. The lowest BCUT2D eigenvalue weighted by molar-refractivity contribution is 0.896. The maximum Gasteiger partial charge on any atom is 0.200 e. The average Bonchev–Trinajstić information content (AvgIpc) is 2.64. The molecule has 0 aliphatic heterocycles. The average molecular weight is 317 g/mol. The quantitative estimate of drug-likeness (QED) is 0.644. The van der Waals surface area contributed by atoms with Crippen molar-refractivity contribution in [2.24, 2.45) is 0 Å². The predicted molar refractivity (Wildman–Crippen MR) is 89.7 cm³/mol. The Labute approximate surface area is 139 Å². The summed E-state index contributed by atoms with van der Waals surface area (Å²) in [6, 6.07) is 5.47. The fourth-order valence-corrected chi connectivity index (χ4v) is 2.00. The molecule has 118 valence electrons. The van der Waals surface area contributed by atoms with Crippen LogP contribution in [0.5, 0.6) is 0 Å². The number of nitrogens with zero attached hydrogens (tertiary/aromatic N) is 7. The summed E-state index contributed by atoms with van der Waals surface area (Å²) in [6.45, 7) is 7.33. The molecule has 0 amide bonds. The molecular weight excluding hydrogens is 302 g/mol. The van der Waals surface area contributed by atoms with Crippen molar-refractivity contribution in [2.45, 2.75) is 12.8 Å². The van der Waals surface area contributed by atoms with Crippen molar-refractivity contribution >= 4 is 0 Å². The summed E-state index contributed by atoms with van der Waals surface area (Å²) in [6.07, 6.45) is 8.10. The highest BCUT2D eigenvalue weighted by Gasteiger charge is 2.09. The third kappa shape index (κ3) is 3.52. The topological polar surface area (TPSA) is 90.2 Å². The van der Waals surface area contributed by atoms with Crippen LogP contribution < -0.4 is 0 Å². The highest BCUT2D eigenvalue weighted by molar-refractivity contribution is 5.56. The first-order valence-electron chi connectivity index (χ1n) is 7.37. The third-order valence-electron chi connectivity index (χ3n) is 3.13. The molecular formula is C17H15N7. The van der Waals surface area contributed by atoms with Crippen molar-refractivity contribution < 1.29 is 0 Å². The van der Waals surface area contributed by atoms with Gasteiger partial charge in [0, 0.05) is 12.8 Å². The van der Waals surface area contributed by atoms with Gasteiger partial charge in [-0.2, -0.15) is 10.2 Å². The maximum atomic E-state index is 4.49. The van der Waals surface area contributed by atoms with E-state index in [1.54, 1.807) is 24.5 Å². The van der Waals surface area contributed by atoms with Gasteiger partial charge in [-0.05, 0) is 12.1 Å². The summed E-state index contributed by atoms with van der Waals surface area (Å²) in [7, 11) is 0. The van der Waals surface area contributed by atoms with Crippen LogP contribution in [0.3, 0.4) is 0 Å². The number of hydrogen-bond acceptors (Lipinski definition) is 7. The van der Waals surface area contributed by atoms with Crippen molar-refractivity contribution in [3.8, 4) is 23.0 Å². The van der Waals surface area contributed by atoms with Gasteiger partial charge in [0.2, 0.25) is 0 Å². The second-order valence-corrected chi connectivity index (χ2v) is 4.94. The van der Waals surface area contributed by atoms with Crippen molar-refractivity contribution in [3.05, 3.63) is 67.3 Å². The van der Waals surface area contributed by atoms with Crippen LogP contribution in [0.1, 0.15) is 11.4 Å². The van der Waals surface area contributed by atoms with Gasteiger partial charge < -0.3 is 0 Å². The summed E-state index contributed by atoms with van der Waals surface area (Å²) in [4.78, 5) is 13.1. The number of pyridine rings is 1. The molecule has 0 fully saturated rings. The number of aromatic nitrogens is 7. The molecule has 0 aliphatic rings. The van der Waals surface area contributed by atoms with Crippen LogP contribution in [-0.4, -0.2) is 35.3 Å². The number of allylic oxidation sites excluding steroid dienone is 2. The molecule has 7 nitrogen and oxygen atoms in total. The second-order valence-electron chi connectivity index (χ2n) is 4.94. The Morgan fingerprint density at radius 2 is 1.25 bits per heavy atom. The molecule has 0 unspecified atom stereocenters. The summed E-state index contributed by atoms with van der Waals surface area (Å²) < 4.78 is 0. The smallest absolute Gasteiger partial charge is 0.200 e. The predicted octanol–water partition coefficient (Wildman–Crippen LogP) is 2.24. The van der Waals surface area contributed by atoms with E-state index in [2.05, 4.69) is 48.5 Å². The molecule has 24 heavy (non-hydrogen) atoms. The molecule has 3 rings (SSSR count). The van der Waals surface area contributed by atoms with Gasteiger partial charge in [-0.3, -0.25) is 0 Å². The van der Waals surface area contributed by atoms with Crippen LogP contribution in [0.2, 0.25) is 0 Å². The van der Waals surface area contributed by atoms with E-state index in [9.17, 15) is 0 Å². The maximum absolute atomic E-state index is 4.49. The standard InChI is InChI=1S/C17H15N7/c1-3-6-12-10-18-16(23-21-12)14-8-5-9-15(20-14)17-19-11-13(7-4-2)22-24-17/h3-5,8-11H,1-2,6-7H2. The minimum atomic E-state index is 0.445. The van der Waals surface area contributed by atoms with Crippen LogP contribution in [0.15, 0.2) is 55.9 Å². The minimum absolute atomic E-state index is 0.445. The summed E-state index contributed by atoms with van der Waals surface area (Å²) in [5.41, 5.74) is 2.72. The normalized spacial score (nSPS) is 10.3. The van der Waals surface area contributed by atoms with E-state index in [4.69, 9.17) is 0 Å². The lowest BCUT2D eigenvalue weighted by Gasteiger charge is -2.03. The van der Waals surface area contributed by atoms with Gasteiger partial charge in [-0.1, -0.05) is 18.2 Å². The fraction of sp³-hybridized carbons (Fsp3) is 0.118. The molecule has 0 bridgehead atoms. The zero-order valence-corrected chi connectivity index (χ0v) is 13.0. The molecule has 3 aromatic rings. The second kappa shape index (κ2) is 7.28. The molecule has 0 radical (unpaired) electrons. The Hall–Kier alpha value is -3.35. The van der Waals surface area contributed by atoms with E-state index in [0.717, 1.165) is 11.4 Å². The first kappa shape index (κ1) is 15.5. The molecule has 0 spiro atoms. The van der Waals surface area contributed by atoms with Gasteiger partial charge in [0.25, 0.3) is 0 Å². The SMILES string of the molecule is C=CCc1cnc(-c2cccc(-c3ncc(CC=C)nn3)n2)nn1. The zero-order chi connectivity index (χ0) is 16.8. The van der Waals surface area contributed by atoms with Crippen molar-refractivity contribution in [1.29, 1.82) is 0 Å². The lowest BCUT2D eigenvalue weighted by Crippen LogP contribution is -2.01. The van der Waals surface area contributed by atoms with E-state index in [1.165, 1.54) is 0 Å². The zero-order valence-electron chi connectivity index (χ0n) is 13.0. The van der Waals surface area contributed by atoms with Gasteiger partial charge in [0.1, 0.15) is 11.4 Å². The van der Waals surface area contributed by atoms with Crippen LogP contribution in [-0.2, 0) is 12.8 Å². The Balaban J connectivity index is 1.88. The third-order valence-corrected chi connectivity index (χ3v) is 3.13. The molecule has 0 aliphatic carbocycles. The molecule has 7 heteroatoms. The highest BCUT2D eigenvalue weighted by atomic mass is 15.2. The van der Waals surface area contributed by atoms with Crippen molar-refractivity contribution in [1.82, 2.24) is 35.3 Å². The molecule has 0 saturated carbocycles. The molecule has 0 atom stereocenters. The van der Waals surface area contributed by atoms with Gasteiger partial charge in [-0.15, -0.1) is 23.4 Å². The molecule has 3 aromatic heterocycles. The van der Waals surface area contributed by atoms with Gasteiger partial charge in [-0.25, -0.2) is 15.0 Å². The van der Waals surface area contributed by atoms with E-state index in [0.29, 0.717) is 35.9 Å². The van der Waals surface area contributed by atoms with E-state index in [-0.39, 0.29) is 0 Å². The monoisotopic (exact) mass is 317 g/mol. The van der Waals surface area contributed by atoms with Gasteiger partial charge >= 0.3 is 0 Å². The molecule has 0 N–H and O–H groups in total. The summed E-state index contributed by atoms with van der Waals surface area (Å²) >= 11 is 0. The minimum Gasteiger partial charge on any atom is -0.241 e. The molecule has 0 saturated heterocycles. The Kier molecular flexibility index (Phi) is 4.71. The van der Waals surface area contributed by atoms with Crippen LogP contribution in [0.25, 0.3) is 23.0 Å². The molecule has 0 aromatic carbocycles. The first-order chi connectivity index (χ1) is 11.8.